The normalized spacial score (nSPS) is 16.4. The molecule has 0 radical (unpaired) electrons. The Labute approximate surface area is 128 Å². The number of hydrogen-bond acceptors (Lipinski definition) is 3. The number of carbonyl (C=O) groups is 1. The Morgan fingerprint density at radius 1 is 1.55 bits per heavy atom. The van der Waals surface area contributed by atoms with Gasteiger partial charge in [-0.3, -0.25) is 0 Å². The average molecular weight is 301 g/mol. The lowest BCUT2D eigenvalue weighted by Crippen LogP contribution is -2.26. The summed E-state index contributed by atoms with van der Waals surface area (Å²) in [6.07, 6.45) is 3.77. The topological polar surface area (TPSA) is 76.4 Å². The highest BCUT2D eigenvalue weighted by atomic mass is 16.5. The van der Waals surface area contributed by atoms with E-state index in [0.717, 1.165) is 34.3 Å². The number of hydrogen-bond donors (Lipinski definition) is 2. The number of carboxylic acid groups (broad SMARTS) is 1. The van der Waals surface area contributed by atoms with Crippen molar-refractivity contribution in [1.29, 1.82) is 0 Å². The summed E-state index contributed by atoms with van der Waals surface area (Å²) in [5.74, 6) is 0. The Hall–Kier alpha value is -2.34. The second kappa shape index (κ2) is 5.81. The van der Waals surface area contributed by atoms with E-state index in [1.54, 1.807) is 0 Å². The number of fused-ring (bicyclic) bond motifs is 1. The van der Waals surface area contributed by atoms with Gasteiger partial charge < -0.3 is 19.7 Å². The van der Waals surface area contributed by atoms with Crippen molar-refractivity contribution in [2.24, 2.45) is 7.05 Å². The van der Waals surface area contributed by atoms with Crippen LogP contribution in [0.2, 0.25) is 0 Å². The van der Waals surface area contributed by atoms with Crippen LogP contribution >= 0.6 is 0 Å². The lowest BCUT2D eigenvalue weighted by Gasteiger charge is -2.20. The van der Waals surface area contributed by atoms with Gasteiger partial charge in [-0.15, -0.1) is 0 Å². The summed E-state index contributed by atoms with van der Waals surface area (Å²) in [6, 6.07) is 3.66. The third kappa shape index (κ3) is 2.69. The fourth-order valence-corrected chi connectivity index (χ4v) is 2.81. The first kappa shape index (κ1) is 14.6. The van der Waals surface area contributed by atoms with Crippen LogP contribution in [0.3, 0.4) is 0 Å². The Morgan fingerprint density at radius 3 is 3.05 bits per heavy atom. The number of pyridine rings is 1. The standard InChI is InChI=1S/C16H19N3O3/c1-10(17-16(20)21)15-12(11-4-7-22-8-5-11)9-14-13(18-15)3-6-19(14)2/h3-4,6,9-10,17H,5,7-8H2,1-2H3,(H,20,21). The van der Waals surface area contributed by atoms with Crippen molar-refractivity contribution < 1.29 is 14.6 Å². The molecule has 22 heavy (non-hydrogen) atoms. The molecule has 116 valence electrons. The molecule has 1 amide bonds. The summed E-state index contributed by atoms with van der Waals surface area (Å²) in [5.41, 5.74) is 4.82. The van der Waals surface area contributed by atoms with Gasteiger partial charge in [0.2, 0.25) is 0 Å². The van der Waals surface area contributed by atoms with Crippen LogP contribution in [0, 0.1) is 0 Å². The summed E-state index contributed by atoms with van der Waals surface area (Å²) in [4.78, 5) is 15.7. The molecule has 3 rings (SSSR count). The van der Waals surface area contributed by atoms with E-state index in [2.05, 4.69) is 11.4 Å². The van der Waals surface area contributed by atoms with E-state index in [9.17, 15) is 4.79 Å². The highest BCUT2D eigenvalue weighted by molar-refractivity contribution is 5.82. The fourth-order valence-electron chi connectivity index (χ4n) is 2.81. The molecule has 0 bridgehead atoms. The molecule has 1 aliphatic rings. The first-order valence-electron chi connectivity index (χ1n) is 7.29. The van der Waals surface area contributed by atoms with E-state index < -0.39 is 6.09 Å². The Kier molecular flexibility index (Phi) is 3.85. The zero-order valence-corrected chi connectivity index (χ0v) is 12.7. The number of aromatic nitrogens is 2. The maximum absolute atomic E-state index is 11.0. The molecule has 1 unspecified atom stereocenters. The zero-order chi connectivity index (χ0) is 15.7. The molecule has 0 aliphatic carbocycles. The summed E-state index contributed by atoms with van der Waals surface area (Å²) >= 11 is 0. The minimum absolute atomic E-state index is 0.374. The second-order valence-corrected chi connectivity index (χ2v) is 5.48. The van der Waals surface area contributed by atoms with Crippen molar-refractivity contribution >= 4 is 22.7 Å². The van der Waals surface area contributed by atoms with Crippen LogP contribution in [0.5, 0.6) is 0 Å². The largest absolute Gasteiger partial charge is 0.465 e. The summed E-state index contributed by atoms with van der Waals surface area (Å²) < 4.78 is 7.39. The van der Waals surface area contributed by atoms with Gasteiger partial charge in [-0.2, -0.15) is 0 Å². The summed E-state index contributed by atoms with van der Waals surface area (Å²) in [5, 5.41) is 11.5. The molecule has 2 aromatic heterocycles. The van der Waals surface area contributed by atoms with Crippen LogP contribution in [-0.2, 0) is 11.8 Å². The van der Waals surface area contributed by atoms with E-state index in [1.807, 2.05) is 36.9 Å². The van der Waals surface area contributed by atoms with Crippen LogP contribution in [0.1, 0.15) is 30.6 Å². The molecule has 0 fully saturated rings. The molecular weight excluding hydrogens is 282 g/mol. The summed E-state index contributed by atoms with van der Waals surface area (Å²) in [7, 11) is 1.98. The molecule has 0 saturated heterocycles. The fraction of sp³-hybridized carbons (Fsp3) is 0.375. The van der Waals surface area contributed by atoms with E-state index in [-0.39, 0.29) is 6.04 Å². The van der Waals surface area contributed by atoms with Gasteiger partial charge >= 0.3 is 6.09 Å². The number of nitrogens with zero attached hydrogens (tertiary/aromatic N) is 2. The van der Waals surface area contributed by atoms with Crippen molar-refractivity contribution in [2.45, 2.75) is 19.4 Å². The lowest BCUT2D eigenvalue weighted by molar-refractivity contribution is 0.161. The molecule has 2 aromatic rings. The molecule has 2 N–H and O–H groups in total. The first-order valence-corrected chi connectivity index (χ1v) is 7.29. The van der Waals surface area contributed by atoms with Gasteiger partial charge in [0.05, 0.1) is 36.0 Å². The Morgan fingerprint density at radius 2 is 2.36 bits per heavy atom. The molecule has 1 aliphatic heterocycles. The van der Waals surface area contributed by atoms with E-state index in [0.29, 0.717) is 13.2 Å². The monoisotopic (exact) mass is 301 g/mol. The van der Waals surface area contributed by atoms with Crippen molar-refractivity contribution in [3.63, 3.8) is 0 Å². The quantitative estimate of drug-likeness (QED) is 0.914. The first-order chi connectivity index (χ1) is 10.6. The third-order valence-electron chi connectivity index (χ3n) is 3.96. The minimum atomic E-state index is -1.05. The van der Waals surface area contributed by atoms with Crippen molar-refractivity contribution in [3.05, 3.63) is 35.7 Å². The van der Waals surface area contributed by atoms with Crippen LogP contribution in [0.25, 0.3) is 16.6 Å². The minimum Gasteiger partial charge on any atom is -0.465 e. The molecule has 1 atom stereocenters. The maximum Gasteiger partial charge on any atom is 0.405 e. The molecule has 6 nitrogen and oxygen atoms in total. The van der Waals surface area contributed by atoms with Gasteiger partial charge in [0.1, 0.15) is 0 Å². The maximum atomic E-state index is 11.0. The zero-order valence-electron chi connectivity index (χ0n) is 12.7. The van der Waals surface area contributed by atoms with Gasteiger partial charge in [0.15, 0.2) is 0 Å². The molecule has 6 heteroatoms. The van der Waals surface area contributed by atoms with Crippen LogP contribution in [0.4, 0.5) is 4.79 Å². The number of ether oxygens (including phenoxy) is 1. The number of nitrogens with one attached hydrogen (secondary N) is 1. The Balaban J connectivity index is 2.14. The van der Waals surface area contributed by atoms with Crippen molar-refractivity contribution in [3.8, 4) is 0 Å². The average Bonchev–Trinajstić information content (AvgIpc) is 2.87. The summed E-state index contributed by atoms with van der Waals surface area (Å²) in [6.45, 7) is 3.08. The Bertz CT molecular complexity index is 748. The number of rotatable bonds is 3. The number of amides is 1. The van der Waals surface area contributed by atoms with E-state index in [4.69, 9.17) is 14.8 Å². The SMILES string of the molecule is CC(NC(=O)O)c1nc2ccn(C)c2cc1C1=CCOCC1. The van der Waals surface area contributed by atoms with Gasteiger partial charge in [-0.05, 0) is 31.1 Å². The molecule has 0 spiro atoms. The molecule has 0 aromatic carbocycles. The van der Waals surface area contributed by atoms with Gasteiger partial charge in [-0.25, -0.2) is 9.78 Å². The molecular formula is C16H19N3O3. The molecule has 0 saturated carbocycles. The van der Waals surface area contributed by atoms with E-state index >= 15 is 0 Å². The van der Waals surface area contributed by atoms with Crippen LogP contribution < -0.4 is 5.32 Å². The van der Waals surface area contributed by atoms with Crippen molar-refractivity contribution in [2.75, 3.05) is 13.2 Å². The molecule has 3 heterocycles. The highest BCUT2D eigenvalue weighted by Gasteiger charge is 2.20. The van der Waals surface area contributed by atoms with Crippen LogP contribution in [-0.4, -0.2) is 34.0 Å². The highest BCUT2D eigenvalue weighted by Crippen LogP contribution is 2.30. The van der Waals surface area contributed by atoms with Gasteiger partial charge in [-0.1, -0.05) is 6.08 Å². The number of aryl methyl sites for hydroxylation is 1. The smallest absolute Gasteiger partial charge is 0.405 e. The predicted molar refractivity (Wildman–Crippen MR) is 83.7 cm³/mol. The van der Waals surface area contributed by atoms with Gasteiger partial charge in [0.25, 0.3) is 0 Å². The van der Waals surface area contributed by atoms with Crippen LogP contribution in [0.15, 0.2) is 24.4 Å². The predicted octanol–water partition coefficient (Wildman–Crippen LogP) is 2.71. The third-order valence-corrected chi connectivity index (χ3v) is 3.96. The van der Waals surface area contributed by atoms with Gasteiger partial charge in [0, 0.05) is 18.8 Å². The van der Waals surface area contributed by atoms with E-state index in [1.165, 1.54) is 0 Å². The second-order valence-electron chi connectivity index (χ2n) is 5.48. The lowest BCUT2D eigenvalue weighted by atomic mass is 9.96. The van der Waals surface area contributed by atoms with Crippen molar-refractivity contribution in [1.82, 2.24) is 14.9 Å².